The molecule has 1 fully saturated rings. The summed E-state index contributed by atoms with van der Waals surface area (Å²) in [6, 6.07) is 18.5. The van der Waals surface area contributed by atoms with E-state index in [-0.39, 0.29) is 6.61 Å². The summed E-state index contributed by atoms with van der Waals surface area (Å²) in [7, 11) is 0. The van der Waals surface area contributed by atoms with E-state index in [0.29, 0.717) is 13.2 Å². The van der Waals surface area contributed by atoms with Gasteiger partial charge in [-0.1, -0.05) is 60.7 Å². The molecule has 0 aliphatic carbocycles. The summed E-state index contributed by atoms with van der Waals surface area (Å²) in [5.74, 6) is 0. The van der Waals surface area contributed by atoms with Crippen LogP contribution in [0.4, 0.5) is 0 Å². The van der Waals surface area contributed by atoms with Crippen molar-refractivity contribution < 1.29 is 24.4 Å². The minimum absolute atomic E-state index is 0.130. The molecule has 1 heterocycles. The quantitative estimate of drug-likeness (QED) is 0.688. The molecular formula is C20H25NO5. The second kappa shape index (κ2) is 9.23. The second-order valence-electron chi connectivity index (χ2n) is 6.39. The second-order valence-corrected chi connectivity index (χ2v) is 6.39. The Morgan fingerprint density at radius 1 is 0.885 bits per heavy atom. The topological polar surface area (TPSA) is 94.2 Å². The summed E-state index contributed by atoms with van der Waals surface area (Å²) in [4.78, 5) is 0. The van der Waals surface area contributed by atoms with Crippen molar-refractivity contribution in [1.82, 2.24) is 0 Å². The molecule has 6 heteroatoms. The molecule has 0 saturated carbocycles. The Labute approximate surface area is 153 Å². The van der Waals surface area contributed by atoms with Gasteiger partial charge in [0.2, 0.25) is 0 Å². The first-order chi connectivity index (χ1) is 12.6. The van der Waals surface area contributed by atoms with Gasteiger partial charge in [-0.3, -0.25) is 0 Å². The van der Waals surface area contributed by atoms with Crippen LogP contribution in [0.5, 0.6) is 0 Å². The van der Waals surface area contributed by atoms with Crippen LogP contribution in [-0.2, 0) is 27.4 Å². The number of aliphatic hydroxyl groups excluding tert-OH is 2. The Kier molecular flexibility index (Phi) is 6.73. The van der Waals surface area contributed by atoms with Gasteiger partial charge in [-0.25, -0.2) is 0 Å². The Bertz CT molecular complexity index is 654. The monoisotopic (exact) mass is 359 g/mol. The van der Waals surface area contributed by atoms with E-state index in [9.17, 15) is 10.2 Å². The fourth-order valence-corrected chi connectivity index (χ4v) is 2.93. The lowest BCUT2D eigenvalue weighted by Gasteiger charge is -2.41. The largest absolute Gasteiger partial charge is 0.388 e. The maximum absolute atomic E-state index is 10.6. The molecule has 0 radical (unpaired) electrons. The normalized spacial score (nSPS) is 28.8. The highest BCUT2D eigenvalue weighted by Gasteiger charge is 2.43. The molecule has 0 bridgehead atoms. The zero-order chi connectivity index (χ0) is 18.4. The lowest BCUT2D eigenvalue weighted by Crippen LogP contribution is -2.62. The van der Waals surface area contributed by atoms with Crippen molar-refractivity contribution in [3.8, 4) is 0 Å². The van der Waals surface area contributed by atoms with Gasteiger partial charge in [0, 0.05) is 0 Å². The molecular weight excluding hydrogens is 334 g/mol. The fourth-order valence-electron chi connectivity index (χ4n) is 2.93. The molecule has 2 aromatic rings. The summed E-state index contributed by atoms with van der Waals surface area (Å²) in [6.45, 7) is 0.816. The number of benzene rings is 2. The third-order valence-electron chi connectivity index (χ3n) is 4.42. The van der Waals surface area contributed by atoms with Crippen molar-refractivity contribution in [2.24, 2.45) is 5.73 Å². The molecule has 140 valence electrons. The van der Waals surface area contributed by atoms with Crippen LogP contribution in [0.2, 0.25) is 0 Å². The van der Waals surface area contributed by atoms with Crippen LogP contribution in [0.1, 0.15) is 11.1 Å². The number of hydrogen-bond donors (Lipinski definition) is 3. The number of rotatable bonds is 7. The van der Waals surface area contributed by atoms with Crippen LogP contribution >= 0.6 is 0 Å². The Morgan fingerprint density at radius 2 is 1.46 bits per heavy atom. The van der Waals surface area contributed by atoms with Crippen molar-refractivity contribution >= 4 is 0 Å². The van der Waals surface area contributed by atoms with Crippen molar-refractivity contribution in [2.45, 2.75) is 43.9 Å². The SMILES string of the molecule is NC1[C@H](O)OC(COCc2ccccc2)[C@@H](O)[C@H]1OCc1ccccc1. The van der Waals surface area contributed by atoms with Crippen LogP contribution in [0.3, 0.4) is 0 Å². The van der Waals surface area contributed by atoms with Crippen LogP contribution in [-0.4, -0.2) is 47.5 Å². The Hall–Kier alpha value is -1.80. The fraction of sp³-hybridized carbons (Fsp3) is 0.400. The number of aliphatic hydroxyl groups is 2. The molecule has 5 atom stereocenters. The molecule has 0 spiro atoms. The third-order valence-corrected chi connectivity index (χ3v) is 4.42. The molecule has 0 amide bonds. The van der Waals surface area contributed by atoms with Gasteiger partial charge in [0.15, 0.2) is 6.29 Å². The van der Waals surface area contributed by atoms with Gasteiger partial charge in [-0.15, -0.1) is 0 Å². The van der Waals surface area contributed by atoms with Gasteiger partial charge in [0.25, 0.3) is 0 Å². The van der Waals surface area contributed by atoms with Gasteiger partial charge >= 0.3 is 0 Å². The van der Waals surface area contributed by atoms with E-state index < -0.39 is 30.6 Å². The highest BCUT2D eigenvalue weighted by Crippen LogP contribution is 2.23. The van der Waals surface area contributed by atoms with Crippen molar-refractivity contribution in [1.29, 1.82) is 0 Å². The summed E-state index contributed by atoms with van der Waals surface area (Å²) in [6.07, 6.45) is -3.67. The number of nitrogens with two attached hydrogens (primary N) is 1. The average Bonchev–Trinajstić information content (AvgIpc) is 2.67. The molecule has 1 aliphatic heterocycles. The molecule has 3 rings (SSSR count). The maximum atomic E-state index is 10.6. The Morgan fingerprint density at radius 3 is 2.08 bits per heavy atom. The molecule has 6 nitrogen and oxygen atoms in total. The highest BCUT2D eigenvalue weighted by molar-refractivity contribution is 5.14. The van der Waals surface area contributed by atoms with Crippen LogP contribution in [0.15, 0.2) is 60.7 Å². The van der Waals surface area contributed by atoms with E-state index in [0.717, 1.165) is 11.1 Å². The first-order valence-electron chi connectivity index (χ1n) is 8.69. The molecule has 2 unspecified atom stereocenters. The van der Waals surface area contributed by atoms with E-state index in [4.69, 9.17) is 19.9 Å². The number of ether oxygens (including phenoxy) is 3. The standard InChI is InChI=1S/C20H25NO5/c21-17-19(25-12-15-9-5-2-6-10-15)18(22)16(26-20(17)23)13-24-11-14-7-3-1-4-8-14/h1-10,16-20,22-23H,11-13,21H2/t16?,17?,18-,19+,20-/m1/s1. The van der Waals surface area contributed by atoms with E-state index >= 15 is 0 Å². The van der Waals surface area contributed by atoms with Crippen molar-refractivity contribution in [2.75, 3.05) is 6.61 Å². The van der Waals surface area contributed by atoms with Crippen LogP contribution in [0, 0.1) is 0 Å². The Balaban J connectivity index is 1.55. The van der Waals surface area contributed by atoms with Crippen molar-refractivity contribution in [3.05, 3.63) is 71.8 Å². The lowest BCUT2D eigenvalue weighted by molar-refractivity contribution is -0.262. The van der Waals surface area contributed by atoms with E-state index in [1.165, 1.54) is 0 Å². The highest BCUT2D eigenvalue weighted by atomic mass is 16.6. The molecule has 1 aliphatic rings. The molecule has 0 aromatic heterocycles. The van der Waals surface area contributed by atoms with Gasteiger partial charge < -0.3 is 30.2 Å². The predicted molar refractivity (Wildman–Crippen MR) is 96.0 cm³/mol. The molecule has 4 N–H and O–H groups in total. The van der Waals surface area contributed by atoms with Gasteiger partial charge in [0.1, 0.15) is 18.3 Å². The summed E-state index contributed by atoms with van der Waals surface area (Å²) >= 11 is 0. The molecule has 1 saturated heterocycles. The van der Waals surface area contributed by atoms with Gasteiger partial charge in [-0.2, -0.15) is 0 Å². The predicted octanol–water partition coefficient (Wildman–Crippen LogP) is 1.19. The first kappa shape index (κ1) is 19.0. The zero-order valence-corrected chi connectivity index (χ0v) is 14.5. The minimum atomic E-state index is -1.22. The van der Waals surface area contributed by atoms with Gasteiger partial charge in [-0.05, 0) is 11.1 Å². The van der Waals surface area contributed by atoms with E-state index in [1.807, 2.05) is 60.7 Å². The van der Waals surface area contributed by atoms with Crippen LogP contribution < -0.4 is 5.73 Å². The smallest absolute Gasteiger partial charge is 0.173 e. The molecule has 26 heavy (non-hydrogen) atoms. The number of hydrogen-bond acceptors (Lipinski definition) is 6. The minimum Gasteiger partial charge on any atom is -0.388 e. The summed E-state index contributed by atoms with van der Waals surface area (Å²) in [5.41, 5.74) is 7.94. The van der Waals surface area contributed by atoms with E-state index in [2.05, 4.69) is 0 Å². The first-order valence-corrected chi connectivity index (χ1v) is 8.69. The van der Waals surface area contributed by atoms with E-state index in [1.54, 1.807) is 0 Å². The summed E-state index contributed by atoms with van der Waals surface area (Å²) in [5, 5.41) is 20.6. The van der Waals surface area contributed by atoms with Crippen LogP contribution in [0.25, 0.3) is 0 Å². The zero-order valence-electron chi connectivity index (χ0n) is 14.5. The van der Waals surface area contributed by atoms with Gasteiger partial charge in [0.05, 0.1) is 25.9 Å². The molecule has 2 aromatic carbocycles. The average molecular weight is 359 g/mol. The lowest BCUT2D eigenvalue weighted by atomic mass is 9.97. The van der Waals surface area contributed by atoms with Crippen molar-refractivity contribution in [3.63, 3.8) is 0 Å². The summed E-state index contributed by atoms with van der Waals surface area (Å²) < 4.78 is 16.8. The maximum Gasteiger partial charge on any atom is 0.173 e. The third kappa shape index (κ3) is 4.88.